The van der Waals surface area contributed by atoms with E-state index in [1.165, 1.54) is 48.8 Å². The Labute approximate surface area is 109 Å². The molecule has 2 heteroatoms. The summed E-state index contributed by atoms with van der Waals surface area (Å²) in [5.74, 6) is 0.489. The van der Waals surface area contributed by atoms with Crippen molar-refractivity contribution in [1.29, 1.82) is 0 Å². The van der Waals surface area contributed by atoms with Gasteiger partial charge in [0.05, 0.1) is 0 Å². The molecule has 0 bridgehead atoms. The second-order valence-corrected chi connectivity index (χ2v) is 6.00. The third-order valence-electron chi connectivity index (χ3n) is 4.99. The standard InChI is InChI=1S/C16H23NO/c17-11-16(9-2-1-3-10-16)15-13-6-4-5-12(13)7-8-14(15)18/h7-8,18H,1-6,9-11,17H2. The lowest BCUT2D eigenvalue weighted by molar-refractivity contribution is 0.289. The van der Waals surface area contributed by atoms with Crippen molar-refractivity contribution in [3.63, 3.8) is 0 Å². The number of aryl methyl sites for hydroxylation is 1. The monoisotopic (exact) mass is 245 g/mol. The van der Waals surface area contributed by atoms with Gasteiger partial charge in [-0.05, 0) is 49.3 Å². The largest absolute Gasteiger partial charge is 0.508 e. The molecule has 1 fully saturated rings. The maximum atomic E-state index is 10.4. The minimum absolute atomic E-state index is 0.0536. The average molecular weight is 245 g/mol. The molecule has 0 atom stereocenters. The van der Waals surface area contributed by atoms with E-state index in [1.807, 2.05) is 6.07 Å². The third kappa shape index (κ3) is 1.74. The first-order chi connectivity index (χ1) is 8.77. The smallest absolute Gasteiger partial charge is 0.119 e. The van der Waals surface area contributed by atoms with E-state index in [4.69, 9.17) is 5.73 Å². The van der Waals surface area contributed by atoms with Gasteiger partial charge in [-0.2, -0.15) is 0 Å². The van der Waals surface area contributed by atoms with Crippen molar-refractivity contribution >= 4 is 0 Å². The Morgan fingerprint density at radius 1 is 1.06 bits per heavy atom. The van der Waals surface area contributed by atoms with Crippen molar-refractivity contribution in [3.8, 4) is 5.75 Å². The van der Waals surface area contributed by atoms with Crippen LogP contribution < -0.4 is 5.73 Å². The van der Waals surface area contributed by atoms with Gasteiger partial charge >= 0.3 is 0 Å². The maximum Gasteiger partial charge on any atom is 0.119 e. The molecule has 0 spiro atoms. The predicted octanol–water partition coefficient (Wildman–Crippen LogP) is 3.04. The number of phenolic OH excluding ortho intramolecular Hbond substituents is 1. The lowest BCUT2D eigenvalue weighted by Crippen LogP contribution is -2.38. The number of hydrogen-bond donors (Lipinski definition) is 2. The molecule has 3 N–H and O–H groups in total. The first kappa shape index (κ1) is 12.0. The number of fused-ring (bicyclic) bond motifs is 1. The van der Waals surface area contributed by atoms with E-state index in [9.17, 15) is 5.11 Å². The summed E-state index contributed by atoms with van der Waals surface area (Å²) in [6.45, 7) is 0.678. The highest BCUT2D eigenvalue weighted by Crippen LogP contribution is 2.46. The van der Waals surface area contributed by atoms with Crippen LogP contribution in [0.5, 0.6) is 5.75 Å². The second-order valence-electron chi connectivity index (χ2n) is 6.00. The molecular formula is C16H23NO. The topological polar surface area (TPSA) is 46.2 Å². The fourth-order valence-electron chi connectivity index (χ4n) is 4.03. The summed E-state index contributed by atoms with van der Waals surface area (Å²) < 4.78 is 0. The molecule has 1 saturated carbocycles. The van der Waals surface area contributed by atoms with Crippen LogP contribution in [-0.4, -0.2) is 11.7 Å². The van der Waals surface area contributed by atoms with Crippen molar-refractivity contribution < 1.29 is 5.11 Å². The van der Waals surface area contributed by atoms with Gasteiger partial charge in [-0.1, -0.05) is 25.3 Å². The molecule has 3 rings (SSSR count). The molecule has 0 unspecified atom stereocenters. The van der Waals surface area contributed by atoms with Crippen molar-refractivity contribution in [2.45, 2.75) is 56.8 Å². The van der Waals surface area contributed by atoms with Gasteiger partial charge in [0.1, 0.15) is 5.75 Å². The molecule has 0 saturated heterocycles. The maximum absolute atomic E-state index is 10.4. The van der Waals surface area contributed by atoms with Gasteiger partial charge in [0, 0.05) is 17.5 Å². The van der Waals surface area contributed by atoms with E-state index in [0.29, 0.717) is 12.3 Å². The molecule has 2 aliphatic rings. The molecular weight excluding hydrogens is 222 g/mol. The SMILES string of the molecule is NCC1(c2c(O)ccc3c2CCC3)CCCCC1. The lowest BCUT2D eigenvalue weighted by atomic mass is 9.67. The second kappa shape index (κ2) is 4.58. The van der Waals surface area contributed by atoms with Crippen LogP contribution in [0.4, 0.5) is 0 Å². The molecule has 2 nitrogen and oxygen atoms in total. The van der Waals surface area contributed by atoms with E-state index >= 15 is 0 Å². The van der Waals surface area contributed by atoms with Gasteiger partial charge in [-0.25, -0.2) is 0 Å². The zero-order valence-electron chi connectivity index (χ0n) is 11.0. The number of aromatic hydroxyl groups is 1. The highest BCUT2D eigenvalue weighted by molar-refractivity contribution is 5.51. The van der Waals surface area contributed by atoms with E-state index in [1.54, 1.807) is 0 Å². The number of hydrogen-bond acceptors (Lipinski definition) is 2. The average Bonchev–Trinajstić information content (AvgIpc) is 2.87. The summed E-state index contributed by atoms with van der Waals surface area (Å²) in [5.41, 5.74) is 10.2. The molecule has 0 aliphatic heterocycles. The third-order valence-corrected chi connectivity index (χ3v) is 4.99. The molecule has 0 aromatic heterocycles. The molecule has 0 amide bonds. The zero-order valence-corrected chi connectivity index (χ0v) is 11.0. The Morgan fingerprint density at radius 3 is 2.56 bits per heavy atom. The Bertz CT molecular complexity index is 447. The fraction of sp³-hybridized carbons (Fsp3) is 0.625. The summed E-state index contributed by atoms with van der Waals surface area (Å²) in [7, 11) is 0. The molecule has 1 aromatic rings. The summed E-state index contributed by atoms with van der Waals surface area (Å²) >= 11 is 0. The van der Waals surface area contributed by atoms with Crippen molar-refractivity contribution in [2.24, 2.45) is 5.73 Å². The van der Waals surface area contributed by atoms with Crippen LogP contribution >= 0.6 is 0 Å². The van der Waals surface area contributed by atoms with E-state index in [2.05, 4.69) is 6.07 Å². The molecule has 2 aliphatic carbocycles. The highest BCUT2D eigenvalue weighted by atomic mass is 16.3. The van der Waals surface area contributed by atoms with Crippen LogP contribution in [0, 0.1) is 0 Å². The van der Waals surface area contributed by atoms with Crippen LogP contribution in [0.25, 0.3) is 0 Å². The normalized spacial score (nSPS) is 21.8. The first-order valence-electron chi connectivity index (χ1n) is 7.31. The van der Waals surface area contributed by atoms with Gasteiger partial charge in [0.15, 0.2) is 0 Å². The van der Waals surface area contributed by atoms with Gasteiger partial charge in [-0.3, -0.25) is 0 Å². The summed E-state index contributed by atoms with van der Waals surface area (Å²) in [6, 6.07) is 4.00. The first-order valence-corrected chi connectivity index (χ1v) is 7.31. The van der Waals surface area contributed by atoms with Crippen LogP contribution in [0.15, 0.2) is 12.1 Å². The zero-order chi connectivity index (χ0) is 12.6. The summed E-state index contributed by atoms with van der Waals surface area (Å²) in [6.07, 6.45) is 9.63. The summed E-state index contributed by atoms with van der Waals surface area (Å²) in [4.78, 5) is 0. The number of nitrogens with two attached hydrogens (primary N) is 1. The van der Waals surface area contributed by atoms with Crippen LogP contribution in [0.3, 0.4) is 0 Å². The van der Waals surface area contributed by atoms with E-state index < -0.39 is 0 Å². The fourth-order valence-corrected chi connectivity index (χ4v) is 4.03. The Kier molecular flexibility index (Phi) is 3.06. The number of benzene rings is 1. The van der Waals surface area contributed by atoms with Crippen LogP contribution in [0.2, 0.25) is 0 Å². The number of phenols is 1. The van der Waals surface area contributed by atoms with Gasteiger partial charge < -0.3 is 10.8 Å². The molecule has 1 aromatic carbocycles. The van der Waals surface area contributed by atoms with Crippen LogP contribution in [0.1, 0.15) is 55.2 Å². The predicted molar refractivity (Wildman–Crippen MR) is 73.9 cm³/mol. The minimum Gasteiger partial charge on any atom is -0.508 e. The molecule has 18 heavy (non-hydrogen) atoms. The van der Waals surface area contributed by atoms with Crippen molar-refractivity contribution in [2.75, 3.05) is 6.54 Å². The van der Waals surface area contributed by atoms with Gasteiger partial charge in [0.25, 0.3) is 0 Å². The van der Waals surface area contributed by atoms with Crippen molar-refractivity contribution in [1.82, 2.24) is 0 Å². The summed E-state index contributed by atoms with van der Waals surface area (Å²) in [5, 5.41) is 10.4. The Hall–Kier alpha value is -1.02. The van der Waals surface area contributed by atoms with Gasteiger partial charge in [-0.15, -0.1) is 0 Å². The highest BCUT2D eigenvalue weighted by Gasteiger charge is 2.37. The minimum atomic E-state index is 0.0536. The molecule has 98 valence electrons. The lowest BCUT2D eigenvalue weighted by Gasteiger charge is -2.38. The quantitative estimate of drug-likeness (QED) is 0.841. The Balaban J connectivity index is 2.12. The van der Waals surface area contributed by atoms with Crippen LogP contribution in [-0.2, 0) is 18.3 Å². The van der Waals surface area contributed by atoms with Gasteiger partial charge in [0.2, 0.25) is 0 Å². The molecule has 0 heterocycles. The van der Waals surface area contributed by atoms with Crippen molar-refractivity contribution in [3.05, 3.63) is 28.8 Å². The van der Waals surface area contributed by atoms with E-state index in [0.717, 1.165) is 19.3 Å². The van der Waals surface area contributed by atoms with E-state index in [-0.39, 0.29) is 5.41 Å². The Morgan fingerprint density at radius 2 is 1.83 bits per heavy atom. The number of rotatable bonds is 2. The molecule has 0 radical (unpaired) electrons.